The molecular weight excluding hydrogens is 429 g/mol. The smallest absolute Gasteiger partial charge is 0.252 e. The van der Waals surface area contributed by atoms with Crippen LogP contribution in [0.2, 0.25) is 0 Å². The number of nitrogens with one attached hydrogen (secondary N) is 1. The Morgan fingerprint density at radius 2 is 1.82 bits per heavy atom. The van der Waals surface area contributed by atoms with Crippen molar-refractivity contribution in [3.8, 4) is 0 Å². The van der Waals surface area contributed by atoms with Crippen LogP contribution in [0.5, 0.6) is 0 Å². The van der Waals surface area contributed by atoms with Gasteiger partial charge < -0.3 is 15.1 Å². The van der Waals surface area contributed by atoms with Gasteiger partial charge in [0.15, 0.2) is 0 Å². The van der Waals surface area contributed by atoms with E-state index in [0.717, 1.165) is 37.4 Å². The highest BCUT2D eigenvalue weighted by atomic mass is 19.1. The van der Waals surface area contributed by atoms with Crippen molar-refractivity contribution >= 4 is 23.1 Å². The van der Waals surface area contributed by atoms with E-state index in [1.54, 1.807) is 6.08 Å². The number of nitrogens with zero attached hydrogens (tertiary/aromatic N) is 4. The van der Waals surface area contributed by atoms with Crippen LogP contribution in [0.4, 0.5) is 15.8 Å². The zero-order chi connectivity index (χ0) is 24.7. The van der Waals surface area contributed by atoms with E-state index in [-0.39, 0.29) is 12.5 Å². The maximum atomic E-state index is 13.3. The fourth-order valence-corrected chi connectivity index (χ4v) is 3.78. The van der Waals surface area contributed by atoms with Gasteiger partial charge in [-0.1, -0.05) is 31.9 Å². The van der Waals surface area contributed by atoms with Gasteiger partial charge in [0.1, 0.15) is 17.5 Å². The van der Waals surface area contributed by atoms with E-state index in [9.17, 15) is 9.18 Å². The van der Waals surface area contributed by atoms with Gasteiger partial charge in [-0.25, -0.2) is 9.38 Å². The first kappa shape index (κ1) is 24.9. The standard InChI is InChI=1S/C27H32FN5O/c1-6-22(18-20(3)28)19-33-26(34)13-8-23(7-2)27(33)30-21(4)29-24-9-11-25(12-10-24)32-16-14-31(5)15-17-32/h6-13,18,29H,1,3-4,14-17,19H2,2,5H3/b22-18+,23-7-,30-27+. The van der Waals surface area contributed by atoms with Crippen molar-refractivity contribution in [1.29, 1.82) is 0 Å². The van der Waals surface area contributed by atoms with Crippen LogP contribution in [0.25, 0.3) is 0 Å². The lowest BCUT2D eigenvalue weighted by molar-refractivity contribution is -0.122. The van der Waals surface area contributed by atoms with E-state index in [1.165, 1.54) is 28.8 Å². The van der Waals surface area contributed by atoms with Crippen molar-refractivity contribution in [3.05, 3.63) is 97.2 Å². The largest absolute Gasteiger partial charge is 0.369 e. The lowest BCUT2D eigenvalue weighted by Crippen LogP contribution is -2.44. The van der Waals surface area contributed by atoms with Crippen LogP contribution in [0, 0.1) is 0 Å². The van der Waals surface area contributed by atoms with Gasteiger partial charge in [0, 0.05) is 49.2 Å². The van der Waals surface area contributed by atoms with Crippen LogP contribution in [-0.2, 0) is 4.79 Å². The molecule has 0 atom stereocenters. The van der Waals surface area contributed by atoms with Crippen LogP contribution < -0.4 is 10.2 Å². The molecule has 0 radical (unpaired) electrons. The third-order valence-electron chi connectivity index (χ3n) is 5.71. The number of piperazine rings is 1. The van der Waals surface area contributed by atoms with Crippen LogP contribution >= 0.6 is 0 Å². The van der Waals surface area contributed by atoms with Crippen molar-refractivity contribution in [3.63, 3.8) is 0 Å². The molecule has 1 N–H and O–H groups in total. The summed E-state index contributed by atoms with van der Waals surface area (Å²) in [6.07, 6.45) is 7.78. The van der Waals surface area contributed by atoms with E-state index >= 15 is 0 Å². The molecule has 3 rings (SSSR count). The molecule has 6 nitrogen and oxygen atoms in total. The zero-order valence-corrected chi connectivity index (χ0v) is 19.9. The number of benzene rings is 1. The first-order valence-electron chi connectivity index (χ1n) is 11.2. The summed E-state index contributed by atoms with van der Waals surface area (Å²) in [4.78, 5) is 23.4. The summed E-state index contributed by atoms with van der Waals surface area (Å²) in [5.41, 5.74) is 3.30. The summed E-state index contributed by atoms with van der Waals surface area (Å²) in [6.45, 7) is 17.1. The van der Waals surface area contributed by atoms with Crippen molar-refractivity contribution in [2.24, 2.45) is 4.99 Å². The zero-order valence-electron chi connectivity index (χ0n) is 19.9. The Balaban J connectivity index is 1.77. The predicted molar refractivity (Wildman–Crippen MR) is 139 cm³/mol. The Bertz CT molecular complexity index is 1070. The molecule has 0 spiro atoms. The third kappa shape index (κ3) is 6.42. The molecule has 2 aliphatic heterocycles. The number of amidine groups is 1. The minimum absolute atomic E-state index is 0.110. The van der Waals surface area contributed by atoms with Gasteiger partial charge in [-0.05, 0) is 56.0 Å². The van der Waals surface area contributed by atoms with E-state index in [4.69, 9.17) is 0 Å². The van der Waals surface area contributed by atoms with Gasteiger partial charge >= 0.3 is 0 Å². The van der Waals surface area contributed by atoms with E-state index in [0.29, 0.717) is 17.2 Å². The molecule has 0 saturated carbocycles. The molecule has 1 amide bonds. The fraction of sp³-hybridized carbons (Fsp3) is 0.259. The molecule has 1 aromatic carbocycles. The number of halogens is 1. The highest BCUT2D eigenvalue weighted by molar-refractivity contribution is 6.15. The first-order chi connectivity index (χ1) is 16.3. The Kier molecular flexibility index (Phi) is 8.38. The third-order valence-corrected chi connectivity index (χ3v) is 5.71. The molecule has 1 saturated heterocycles. The van der Waals surface area contributed by atoms with Crippen molar-refractivity contribution in [1.82, 2.24) is 9.80 Å². The molecule has 34 heavy (non-hydrogen) atoms. The molecule has 0 aromatic heterocycles. The average Bonchev–Trinajstić information content (AvgIpc) is 2.81. The number of likely N-dealkylation sites (N-methyl/N-ethyl adjacent to an activating group) is 1. The lowest BCUT2D eigenvalue weighted by atomic mass is 10.1. The molecule has 178 valence electrons. The predicted octanol–water partition coefficient (Wildman–Crippen LogP) is 4.66. The maximum absolute atomic E-state index is 13.3. The quantitative estimate of drug-likeness (QED) is 0.572. The summed E-state index contributed by atoms with van der Waals surface area (Å²) in [7, 11) is 2.14. The topological polar surface area (TPSA) is 51.2 Å². The summed E-state index contributed by atoms with van der Waals surface area (Å²) in [5.74, 6) is -0.0516. The first-order valence-corrected chi connectivity index (χ1v) is 11.2. The van der Waals surface area contributed by atoms with Crippen LogP contribution in [0.1, 0.15) is 6.92 Å². The van der Waals surface area contributed by atoms with E-state index < -0.39 is 5.83 Å². The monoisotopic (exact) mass is 461 g/mol. The van der Waals surface area contributed by atoms with Gasteiger partial charge in [-0.2, -0.15) is 0 Å². The fourth-order valence-electron chi connectivity index (χ4n) is 3.78. The van der Waals surface area contributed by atoms with Crippen LogP contribution in [0.3, 0.4) is 0 Å². The Morgan fingerprint density at radius 1 is 1.15 bits per heavy atom. The van der Waals surface area contributed by atoms with Crippen molar-refractivity contribution in [2.75, 3.05) is 50.0 Å². The number of aliphatic imine (C=N–C) groups is 1. The van der Waals surface area contributed by atoms with Gasteiger partial charge in [-0.3, -0.25) is 9.69 Å². The minimum Gasteiger partial charge on any atom is -0.369 e. The van der Waals surface area contributed by atoms with Crippen LogP contribution in [-0.4, -0.2) is 61.3 Å². The number of carbonyl (C=O) groups excluding carboxylic acids is 1. The second kappa shape index (κ2) is 11.4. The minimum atomic E-state index is -0.606. The van der Waals surface area contributed by atoms with Gasteiger partial charge in [0.25, 0.3) is 5.91 Å². The normalized spacial score (nSPS) is 19.6. The number of anilines is 2. The number of carbonyl (C=O) groups is 1. The highest BCUT2D eigenvalue weighted by Crippen LogP contribution is 2.22. The molecule has 7 heteroatoms. The second-order valence-electron chi connectivity index (χ2n) is 8.22. The molecular formula is C27H32FN5O. The summed E-state index contributed by atoms with van der Waals surface area (Å²) >= 11 is 0. The van der Waals surface area contributed by atoms with E-state index in [2.05, 4.69) is 59.0 Å². The maximum Gasteiger partial charge on any atom is 0.252 e. The van der Waals surface area contributed by atoms with Crippen molar-refractivity contribution in [2.45, 2.75) is 6.92 Å². The molecule has 0 bridgehead atoms. The Hall–Kier alpha value is -3.71. The molecule has 0 aliphatic carbocycles. The van der Waals surface area contributed by atoms with E-state index in [1.807, 2.05) is 25.1 Å². The number of hydrogen-bond acceptors (Lipinski definition) is 5. The number of hydrogen-bond donors (Lipinski definition) is 1. The van der Waals surface area contributed by atoms with Gasteiger partial charge in [0.05, 0.1) is 6.54 Å². The molecule has 2 heterocycles. The summed E-state index contributed by atoms with van der Waals surface area (Å²) in [5, 5.41) is 3.20. The Labute approximate surface area is 201 Å². The highest BCUT2D eigenvalue weighted by Gasteiger charge is 2.25. The number of allylic oxidation sites excluding steroid dienone is 3. The number of amides is 1. The molecule has 1 aromatic rings. The van der Waals surface area contributed by atoms with Crippen LogP contribution in [0.15, 0.2) is 102 Å². The van der Waals surface area contributed by atoms with Gasteiger partial charge in [0.2, 0.25) is 0 Å². The SMILES string of the molecule is C=C/C(=C\C(=C)F)CN1C(=O)C=CC(=C/C)/C1=N\C(=C)Nc1ccc(N2CCN(C)CC2)cc1. The number of rotatable bonds is 8. The van der Waals surface area contributed by atoms with Crippen molar-refractivity contribution < 1.29 is 9.18 Å². The summed E-state index contributed by atoms with van der Waals surface area (Å²) in [6, 6.07) is 8.14. The molecule has 0 unspecified atom stereocenters. The molecule has 1 fully saturated rings. The average molecular weight is 462 g/mol. The second-order valence-corrected chi connectivity index (χ2v) is 8.22. The molecule has 2 aliphatic rings. The lowest BCUT2D eigenvalue weighted by Gasteiger charge is -2.34. The summed E-state index contributed by atoms with van der Waals surface area (Å²) < 4.78 is 13.3. The Morgan fingerprint density at radius 3 is 2.41 bits per heavy atom. The van der Waals surface area contributed by atoms with Gasteiger partial charge in [-0.15, -0.1) is 0 Å².